The van der Waals surface area contributed by atoms with Crippen LogP contribution in [0.3, 0.4) is 0 Å². The summed E-state index contributed by atoms with van der Waals surface area (Å²) < 4.78 is 31.3. The molecule has 8 heteroatoms. The Kier molecular flexibility index (Phi) is 5.55. The fraction of sp³-hybridized carbons (Fsp3) is 0.857. The van der Waals surface area contributed by atoms with Gasteiger partial charge in [0, 0.05) is 45.7 Å². The molecular formula is C14H22F2N2O4. The molecule has 0 saturated carbocycles. The van der Waals surface area contributed by atoms with E-state index in [2.05, 4.69) is 5.32 Å². The quantitative estimate of drug-likeness (QED) is 0.824. The number of nitrogens with one attached hydrogen (secondary N) is 1. The molecule has 126 valence electrons. The average molecular weight is 320 g/mol. The van der Waals surface area contributed by atoms with E-state index in [4.69, 9.17) is 4.74 Å². The number of urea groups is 1. The fourth-order valence-electron chi connectivity index (χ4n) is 2.92. The van der Waals surface area contributed by atoms with Gasteiger partial charge in [-0.1, -0.05) is 0 Å². The number of amides is 2. The van der Waals surface area contributed by atoms with Gasteiger partial charge < -0.3 is 20.1 Å². The topological polar surface area (TPSA) is 78.9 Å². The first-order valence-electron chi connectivity index (χ1n) is 7.60. The number of nitrogens with zero attached hydrogens (tertiary/aromatic N) is 1. The first-order chi connectivity index (χ1) is 10.4. The largest absolute Gasteiger partial charge is 0.481 e. The van der Waals surface area contributed by atoms with Gasteiger partial charge in [-0.25, -0.2) is 13.6 Å². The minimum atomic E-state index is -2.71. The van der Waals surface area contributed by atoms with E-state index in [0.717, 1.165) is 0 Å². The lowest BCUT2D eigenvalue weighted by Gasteiger charge is -2.33. The van der Waals surface area contributed by atoms with E-state index >= 15 is 0 Å². The molecule has 2 aliphatic heterocycles. The van der Waals surface area contributed by atoms with E-state index in [1.54, 1.807) is 0 Å². The molecule has 0 aromatic rings. The third kappa shape index (κ3) is 4.53. The van der Waals surface area contributed by atoms with Gasteiger partial charge in [0.1, 0.15) is 0 Å². The zero-order valence-corrected chi connectivity index (χ0v) is 12.4. The summed E-state index contributed by atoms with van der Waals surface area (Å²) in [5.74, 6) is -4.35. The highest BCUT2D eigenvalue weighted by Crippen LogP contribution is 2.28. The monoisotopic (exact) mass is 320 g/mol. The van der Waals surface area contributed by atoms with Gasteiger partial charge >= 0.3 is 12.0 Å². The number of hydrogen-bond acceptors (Lipinski definition) is 3. The van der Waals surface area contributed by atoms with Gasteiger partial charge in [0.2, 0.25) is 0 Å². The molecule has 2 saturated heterocycles. The standard InChI is InChI=1S/C14H22F2N2O4/c15-14(16)3-5-18(6-4-14)13(21)17-9-11(12(19)20)10-1-7-22-8-2-10/h10-11H,1-9H2,(H,17,21)(H,19,20). The molecule has 2 aliphatic rings. The van der Waals surface area contributed by atoms with E-state index in [9.17, 15) is 23.5 Å². The Morgan fingerprint density at radius 3 is 2.41 bits per heavy atom. The fourth-order valence-corrected chi connectivity index (χ4v) is 2.92. The molecule has 1 unspecified atom stereocenters. The molecule has 0 aromatic heterocycles. The summed E-state index contributed by atoms with van der Waals surface area (Å²) in [6.07, 6.45) is 0.622. The first kappa shape index (κ1) is 16.9. The Bertz CT molecular complexity index is 404. The number of carbonyl (C=O) groups is 2. The second-order valence-electron chi connectivity index (χ2n) is 5.92. The zero-order valence-electron chi connectivity index (χ0n) is 12.4. The van der Waals surface area contributed by atoms with Crippen molar-refractivity contribution in [3.05, 3.63) is 0 Å². The Labute approximate surface area is 127 Å². The van der Waals surface area contributed by atoms with Crippen molar-refractivity contribution in [2.24, 2.45) is 11.8 Å². The van der Waals surface area contributed by atoms with Gasteiger partial charge in [-0.3, -0.25) is 4.79 Å². The van der Waals surface area contributed by atoms with Gasteiger partial charge in [0.25, 0.3) is 5.92 Å². The Balaban J connectivity index is 1.81. The number of carboxylic acid groups (broad SMARTS) is 1. The summed E-state index contributed by atoms with van der Waals surface area (Å²) in [6, 6.07) is -0.464. The van der Waals surface area contributed by atoms with Crippen molar-refractivity contribution in [3.63, 3.8) is 0 Å². The van der Waals surface area contributed by atoms with E-state index < -0.39 is 23.8 Å². The highest BCUT2D eigenvalue weighted by Gasteiger charge is 2.36. The number of ether oxygens (including phenoxy) is 1. The number of rotatable bonds is 4. The molecule has 22 heavy (non-hydrogen) atoms. The normalized spacial score (nSPS) is 23.8. The summed E-state index contributed by atoms with van der Waals surface area (Å²) in [5.41, 5.74) is 0. The van der Waals surface area contributed by atoms with Crippen molar-refractivity contribution in [1.82, 2.24) is 10.2 Å². The van der Waals surface area contributed by atoms with E-state index in [1.165, 1.54) is 4.90 Å². The van der Waals surface area contributed by atoms with E-state index in [-0.39, 0.29) is 38.4 Å². The number of hydrogen-bond donors (Lipinski definition) is 2. The smallest absolute Gasteiger partial charge is 0.317 e. The van der Waals surface area contributed by atoms with Crippen LogP contribution in [0.15, 0.2) is 0 Å². The van der Waals surface area contributed by atoms with Crippen LogP contribution in [-0.4, -0.2) is 60.8 Å². The first-order valence-corrected chi connectivity index (χ1v) is 7.60. The van der Waals surface area contributed by atoms with Crippen LogP contribution in [0, 0.1) is 11.8 Å². The predicted molar refractivity (Wildman–Crippen MR) is 73.8 cm³/mol. The molecule has 0 spiro atoms. The summed E-state index contributed by atoms with van der Waals surface area (Å²) in [5, 5.41) is 11.9. The highest BCUT2D eigenvalue weighted by molar-refractivity contribution is 5.76. The Hall–Kier alpha value is -1.44. The lowest BCUT2D eigenvalue weighted by atomic mass is 9.86. The summed E-state index contributed by atoms with van der Waals surface area (Å²) in [6.45, 7) is 1.07. The van der Waals surface area contributed by atoms with Gasteiger partial charge in [-0.2, -0.15) is 0 Å². The van der Waals surface area contributed by atoms with Crippen LogP contribution in [0.25, 0.3) is 0 Å². The minimum Gasteiger partial charge on any atom is -0.481 e. The minimum absolute atomic E-state index is 0.00611. The number of piperidine rings is 1. The maximum absolute atomic E-state index is 13.1. The number of alkyl halides is 2. The molecule has 0 aliphatic carbocycles. The van der Waals surface area contributed by atoms with Crippen LogP contribution in [0.2, 0.25) is 0 Å². The van der Waals surface area contributed by atoms with Crippen molar-refractivity contribution in [3.8, 4) is 0 Å². The van der Waals surface area contributed by atoms with Gasteiger partial charge in [-0.05, 0) is 18.8 Å². The van der Waals surface area contributed by atoms with Crippen molar-refractivity contribution in [2.45, 2.75) is 31.6 Å². The summed E-state index contributed by atoms with van der Waals surface area (Å²) in [4.78, 5) is 24.7. The maximum atomic E-state index is 13.1. The third-order valence-corrected chi connectivity index (χ3v) is 4.41. The molecule has 2 fully saturated rings. The molecule has 2 N–H and O–H groups in total. The van der Waals surface area contributed by atoms with Crippen LogP contribution in [-0.2, 0) is 9.53 Å². The molecule has 0 aromatic carbocycles. The molecule has 6 nitrogen and oxygen atoms in total. The molecular weight excluding hydrogens is 298 g/mol. The number of likely N-dealkylation sites (tertiary alicyclic amines) is 1. The molecule has 0 bridgehead atoms. The number of carbonyl (C=O) groups excluding carboxylic acids is 1. The number of aliphatic carboxylic acids is 1. The zero-order chi connectivity index (χ0) is 16.2. The SMILES string of the molecule is O=C(O)C(CNC(=O)N1CCC(F)(F)CC1)C1CCOCC1. The van der Waals surface area contributed by atoms with Crippen molar-refractivity contribution >= 4 is 12.0 Å². The van der Waals surface area contributed by atoms with Gasteiger partial charge in [0.15, 0.2) is 0 Å². The van der Waals surface area contributed by atoms with Gasteiger partial charge in [0.05, 0.1) is 5.92 Å². The Morgan fingerprint density at radius 2 is 1.86 bits per heavy atom. The lowest BCUT2D eigenvalue weighted by Crippen LogP contribution is -2.49. The average Bonchev–Trinajstić information content (AvgIpc) is 2.48. The highest BCUT2D eigenvalue weighted by atomic mass is 19.3. The van der Waals surface area contributed by atoms with Gasteiger partial charge in [-0.15, -0.1) is 0 Å². The molecule has 2 amide bonds. The van der Waals surface area contributed by atoms with Crippen LogP contribution < -0.4 is 5.32 Å². The maximum Gasteiger partial charge on any atom is 0.317 e. The van der Waals surface area contributed by atoms with Crippen molar-refractivity contribution in [1.29, 1.82) is 0 Å². The van der Waals surface area contributed by atoms with Crippen LogP contribution in [0.4, 0.5) is 13.6 Å². The molecule has 0 radical (unpaired) electrons. The van der Waals surface area contributed by atoms with E-state index in [0.29, 0.717) is 26.1 Å². The number of carboxylic acids is 1. The lowest BCUT2D eigenvalue weighted by molar-refractivity contribution is -0.144. The number of halogens is 2. The van der Waals surface area contributed by atoms with Crippen LogP contribution in [0.5, 0.6) is 0 Å². The second kappa shape index (κ2) is 7.21. The second-order valence-corrected chi connectivity index (χ2v) is 5.92. The molecule has 2 rings (SSSR count). The summed E-state index contributed by atoms with van der Waals surface area (Å²) >= 11 is 0. The van der Waals surface area contributed by atoms with E-state index in [1.807, 2.05) is 0 Å². The molecule has 1 atom stereocenters. The predicted octanol–water partition coefficient (Wildman–Crippen LogP) is 1.55. The van der Waals surface area contributed by atoms with Crippen LogP contribution in [0.1, 0.15) is 25.7 Å². The van der Waals surface area contributed by atoms with Crippen molar-refractivity contribution < 1.29 is 28.2 Å². The third-order valence-electron chi connectivity index (χ3n) is 4.41. The van der Waals surface area contributed by atoms with Crippen molar-refractivity contribution in [2.75, 3.05) is 32.8 Å². The van der Waals surface area contributed by atoms with Crippen LogP contribution >= 0.6 is 0 Å². The Morgan fingerprint density at radius 1 is 1.27 bits per heavy atom. The molecule has 2 heterocycles. The summed E-state index contributed by atoms with van der Waals surface area (Å²) in [7, 11) is 0.